The summed E-state index contributed by atoms with van der Waals surface area (Å²) in [7, 11) is 3.77. The smallest absolute Gasteiger partial charge is 0.338 e. The molecule has 1 N–H and O–H groups in total. The minimum Gasteiger partial charge on any atom is -0.449 e. The van der Waals surface area contributed by atoms with Crippen LogP contribution in [-0.2, 0) is 9.53 Å². The lowest BCUT2D eigenvalue weighted by atomic mass is 10.2. The van der Waals surface area contributed by atoms with Crippen molar-refractivity contribution in [2.24, 2.45) is 0 Å². The van der Waals surface area contributed by atoms with Gasteiger partial charge in [0, 0.05) is 31.9 Å². The summed E-state index contributed by atoms with van der Waals surface area (Å²) < 4.78 is 6.97. The number of nitrogens with zero attached hydrogens (tertiary/aromatic N) is 3. The van der Waals surface area contributed by atoms with Crippen molar-refractivity contribution < 1.29 is 14.3 Å². The van der Waals surface area contributed by atoms with Gasteiger partial charge in [-0.1, -0.05) is 6.07 Å². The van der Waals surface area contributed by atoms with Crippen LogP contribution in [-0.4, -0.2) is 41.9 Å². The molecular formula is C18H24N4O3. The maximum absolute atomic E-state index is 12.3. The number of benzene rings is 1. The van der Waals surface area contributed by atoms with Gasteiger partial charge in [0.1, 0.15) is 5.82 Å². The first-order valence-electron chi connectivity index (χ1n) is 8.12. The first-order valence-corrected chi connectivity index (χ1v) is 8.12. The van der Waals surface area contributed by atoms with Crippen molar-refractivity contribution in [1.29, 1.82) is 0 Å². The minimum atomic E-state index is -0.925. The molecule has 25 heavy (non-hydrogen) atoms. The third-order valence-corrected chi connectivity index (χ3v) is 3.66. The van der Waals surface area contributed by atoms with Crippen LogP contribution in [0.1, 0.15) is 37.2 Å². The zero-order chi connectivity index (χ0) is 18.6. The van der Waals surface area contributed by atoms with E-state index in [9.17, 15) is 9.59 Å². The van der Waals surface area contributed by atoms with E-state index < -0.39 is 18.0 Å². The molecule has 0 aliphatic carbocycles. The summed E-state index contributed by atoms with van der Waals surface area (Å²) in [4.78, 5) is 26.5. The van der Waals surface area contributed by atoms with Gasteiger partial charge in [0.25, 0.3) is 5.91 Å². The largest absolute Gasteiger partial charge is 0.449 e. The van der Waals surface area contributed by atoms with Crippen molar-refractivity contribution in [1.82, 2.24) is 9.78 Å². The molecule has 0 aliphatic rings. The first kappa shape index (κ1) is 18.5. The van der Waals surface area contributed by atoms with E-state index in [-0.39, 0.29) is 6.04 Å². The highest BCUT2D eigenvalue weighted by Gasteiger charge is 2.21. The van der Waals surface area contributed by atoms with Crippen molar-refractivity contribution in [3.05, 3.63) is 42.1 Å². The highest BCUT2D eigenvalue weighted by molar-refractivity contribution is 5.97. The molecule has 1 atom stereocenters. The van der Waals surface area contributed by atoms with E-state index >= 15 is 0 Å². The molecule has 0 aliphatic heterocycles. The molecule has 1 heterocycles. The van der Waals surface area contributed by atoms with E-state index in [0.29, 0.717) is 11.4 Å². The Hall–Kier alpha value is -2.83. The quantitative estimate of drug-likeness (QED) is 0.816. The fourth-order valence-electron chi connectivity index (χ4n) is 2.25. The molecule has 0 saturated carbocycles. The normalized spacial score (nSPS) is 11.9. The van der Waals surface area contributed by atoms with Gasteiger partial charge in [0.15, 0.2) is 6.10 Å². The molecule has 0 bridgehead atoms. The van der Waals surface area contributed by atoms with E-state index in [1.54, 1.807) is 42.1 Å². The fourth-order valence-corrected chi connectivity index (χ4v) is 2.25. The van der Waals surface area contributed by atoms with Crippen LogP contribution in [0.5, 0.6) is 0 Å². The lowest BCUT2D eigenvalue weighted by Crippen LogP contribution is -2.31. The summed E-state index contributed by atoms with van der Waals surface area (Å²) in [6.07, 6.45) is 0.685. The average Bonchev–Trinajstić information content (AvgIpc) is 3.03. The number of ether oxygens (including phenoxy) is 1. The summed E-state index contributed by atoms with van der Waals surface area (Å²) in [5.74, 6) is -0.374. The number of amides is 1. The molecule has 1 aromatic carbocycles. The molecule has 1 amide bonds. The summed E-state index contributed by atoms with van der Waals surface area (Å²) in [6, 6.07) is 8.86. The number of carbonyl (C=O) groups excluding carboxylic acids is 2. The summed E-state index contributed by atoms with van der Waals surface area (Å²) in [5.41, 5.74) is 1.28. The Labute approximate surface area is 147 Å². The van der Waals surface area contributed by atoms with Crippen molar-refractivity contribution in [3.8, 4) is 0 Å². The van der Waals surface area contributed by atoms with Gasteiger partial charge in [-0.2, -0.15) is 5.10 Å². The molecule has 0 unspecified atom stereocenters. The predicted molar refractivity (Wildman–Crippen MR) is 96.9 cm³/mol. The third-order valence-electron chi connectivity index (χ3n) is 3.66. The van der Waals surface area contributed by atoms with Gasteiger partial charge in [-0.15, -0.1) is 0 Å². The van der Waals surface area contributed by atoms with Gasteiger partial charge in [-0.05, 0) is 39.0 Å². The fraction of sp³-hybridized carbons (Fsp3) is 0.389. The van der Waals surface area contributed by atoms with Crippen LogP contribution < -0.4 is 10.2 Å². The maximum atomic E-state index is 12.3. The Morgan fingerprint density at radius 3 is 2.56 bits per heavy atom. The van der Waals surface area contributed by atoms with Crippen LogP contribution in [0.4, 0.5) is 11.5 Å². The van der Waals surface area contributed by atoms with E-state index in [1.165, 1.54) is 0 Å². The number of esters is 1. The van der Waals surface area contributed by atoms with Crippen molar-refractivity contribution in [2.75, 3.05) is 24.3 Å². The molecule has 1 aromatic heterocycles. The summed E-state index contributed by atoms with van der Waals surface area (Å²) in [5, 5.41) is 6.89. The van der Waals surface area contributed by atoms with Crippen LogP contribution in [0.25, 0.3) is 0 Å². The molecule has 7 nitrogen and oxygen atoms in total. The molecule has 2 rings (SSSR count). The second-order valence-corrected chi connectivity index (χ2v) is 6.24. The van der Waals surface area contributed by atoms with Crippen molar-refractivity contribution >= 4 is 23.4 Å². The van der Waals surface area contributed by atoms with Gasteiger partial charge >= 0.3 is 5.97 Å². The maximum Gasteiger partial charge on any atom is 0.338 e. The zero-order valence-corrected chi connectivity index (χ0v) is 15.2. The van der Waals surface area contributed by atoms with Crippen molar-refractivity contribution in [3.63, 3.8) is 0 Å². The van der Waals surface area contributed by atoms with E-state index in [4.69, 9.17) is 4.74 Å². The Balaban J connectivity index is 2.02. The lowest BCUT2D eigenvalue weighted by molar-refractivity contribution is -0.123. The number of aromatic nitrogens is 2. The Kier molecular flexibility index (Phi) is 5.80. The third kappa shape index (κ3) is 4.59. The van der Waals surface area contributed by atoms with Crippen LogP contribution in [0.15, 0.2) is 36.5 Å². The predicted octanol–water partition coefficient (Wildman–Crippen LogP) is 2.71. The second-order valence-electron chi connectivity index (χ2n) is 6.24. The van der Waals surface area contributed by atoms with Crippen LogP contribution in [0.3, 0.4) is 0 Å². The summed E-state index contributed by atoms with van der Waals surface area (Å²) >= 11 is 0. The van der Waals surface area contributed by atoms with E-state index in [0.717, 1.165) is 5.69 Å². The standard InChI is InChI=1S/C18H24N4O3/c1-12(2)22-16(9-10-19-22)20-17(23)13(3)25-18(24)14-7-6-8-15(11-14)21(4)5/h6-13H,1-5H3,(H,20,23)/t13-/m0/s1. The number of anilines is 2. The van der Waals surface area contributed by atoms with Crippen LogP contribution in [0.2, 0.25) is 0 Å². The monoisotopic (exact) mass is 344 g/mol. The Bertz CT molecular complexity index is 752. The molecule has 0 saturated heterocycles. The molecule has 7 heteroatoms. The molecule has 0 fully saturated rings. The lowest BCUT2D eigenvalue weighted by Gasteiger charge is -2.16. The minimum absolute atomic E-state index is 0.108. The zero-order valence-electron chi connectivity index (χ0n) is 15.2. The Morgan fingerprint density at radius 1 is 1.20 bits per heavy atom. The first-order chi connectivity index (χ1) is 11.8. The van der Waals surface area contributed by atoms with Gasteiger partial charge in [0.2, 0.25) is 0 Å². The van der Waals surface area contributed by atoms with Crippen LogP contribution in [0, 0.1) is 0 Å². The van der Waals surface area contributed by atoms with Gasteiger partial charge in [-0.3, -0.25) is 4.79 Å². The topological polar surface area (TPSA) is 76.5 Å². The number of rotatable bonds is 6. The highest BCUT2D eigenvalue weighted by Crippen LogP contribution is 2.16. The second kappa shape index (κ2) is 7.83. The number of carbonyl (C=O) groups is 2. The molecule has 0 radical (unpaired) electrons. The van der Waals surface area contributed by atoms with Gasteiger partial charge in [0.05, 0.1) is 11.8 Å². The molecule has 2 aromatic rings. The van der Waals surface area contributed by atoms with E-state index in [2.05, 4.69) is 10.4 Å². The SMILES string of the molecule is CC(C)n1nccc1NC(=O)[C@H](C)OC(=O)c1cccc(N(C)C)c1. The highest BCUT2D eigenvalue weighted by atomic mass is 16.5. The molecule has 0 spiro atoms. The number of nitrogens with one attached hydrogen (secondary N) is 1. The van der Waals surface area contributed by atoms with Gasteiger partial charge < -0.3 is 15.0 Å². The Morgan fingerprint density at radius 2 is 1.92 bits per heavy atom. The molecular weight excluding hydrogens is 320 g/mol. The average molecular weight is 344 g/mol. The van der Waals surface area contributed by atoms with Crippen molar-refractivity contribution in [2.45, 2.75) is 32.9 Å². The number of hydrogen-bond donors (Lipinski definition) is 1. The number of hydrogen-bond acceptors (Lipinski definition) is 5. The van der Waals surface area contributed by atoms with Gasteiger partial charge in [-0.25, -0.2) is 9.48 Å². The molecule has 134 valence electrons. The summed E-state index contributed by atoms with van der Waals surface area (Å²) in [6.45, 7) is 5.47. The van der Waals surface area contributed by atoms with Crippen LogP contribution >= 0.6 is 0 Å². The van der Waals surface area contributed by atoms with E-state index in [1.807, 2.05) is 38.9 Å².